The van der Waals surface area contributed by atoms with Crippen LogP contribution in [0.5, 0.6) is 0 Å². The molecule has 8 nitrogen and oxygen atoms in total. The zero-order chi connectivity index (χ0) is 23.2. The highest BCUT2D eigenvalue weighted by Gasteiger charge is 2.33. The Morgan fingerprint density at radius 3 is 2.55 bits per heavy atom. The number of nitrogens with zero attached hydrogens (tertiary/aromatic N) is 1. The first-order valence-electron chi connectivity index (χ1n) is 9.91. The van der Waals surface area contributed by atoms with Gasteiger partial charge in [-0.2, -0.15) is 0 Å². The van der Waals surface area contributed by atoms with E-state index in [0.717, 1.165) is 5.56 Å². The van der Waals surface area contributed by atoms with Gasteiger partial charge < -0.3 is 24.4 Å². The molecule has 1 aromatic rings. The third-order valence-corrected chi connectivity index (χ3v) is 5.17. The fourth-order valence-electron chi connectivity index (χ4n) is 3.08. The summed E-state index contributed by atoms with van der Waals surface area (Å²) in [6, 6.07) is 5.19. The van der Waals surface area contributed by atoms with Crippen LogP contribution in [0.25, 0.3) is 0 Å². The summed E-state index contributed by atoms with van der Waals surface area (Å²) in [7, 11) is 0. The van der Waals surface area contributed by atoms with Gasteiger partial charge in [-0.3, -0.25) is 9.59 Å². The van der Waals surface area contributed by atoms with E-state index < -0.39 is 29.7 Å². The second-order valence-corrected chi connectivity index (χ2v) is 9.05. The average molecular weight is 475 g/mol. The number of rotatable bonds is 5. The lowest BCUT2D eigenvalue weighted by Crippen LogP contribution is -2.43. The van der Waals surface area contributed by atoms with E-state index in [1.54, 1.807) is 43.9 Å². The van der Waals surface area contributed by atoms with Crippen molar-refractivity contribution in [3.8, 4) is 0 Å². The fourth-order valence-corrected chi connectivity index (χ4v) is 3.39. The van der Waals surface area contributed by atoms with E-state index in [1.165, 1.54) is 6.92 Å². The van der Waals surface area contributed by atoms with Crippen LogP contribution in [0.4, 0.5) is 4.79 Å². The van der Waals surface area contributed by atoms with Crippen molar-refractivity contribution in [3.05, 3.63) is 33.8 Å². The van der Waals surface area contributed by atoms with Crippen molar-refractivity contribution in [1.29, 1.82) is 0 Å². The van der Waals surface area contributed by atoms with E-state index in [1.807, 2.05) is 0 Å². The number of nitrogens with one attached hydrogen (secondary N) is 1. The maximum Gasteiger partial charge on any atom is 0.410 e. The standard InChI is InChI=1S/C21H28Cl2N2O6/c1-13(26)30-12-18(27)24-10-15-11-25(20(28)31-21(2,3)4)7-8-29-19(15)14-5-6-16(22)17(23)9-14/h5-6,9,15,19H,7-8,10-12H2,1-4H3,(H,24,27)/t15-,19+/m1/s1. The molecule has 1 aliphatic rings. The predicted octanol–water partition coefficient (Wildman–Crippen LogP) is 3.60. The monoisotopic (exact) mass is 474 g/mol. The number of hydrogen-bond acceptors (Lipinski definition) is 6. The first kappa shape index (κ1) is 25.2. The highest BCUT2D eigenvalue weighted by molar-refractivity contribution is 6.42. The Balaban J connectivity index is 2.20. The van der Waals surface area contributed by atoms with Crippen LogP contribution in [0.2, 0.25) is 10.0 Å². The summed E-state index contributed by atoms with van der Waals surface area (Å²) in [5.41, 5.74) is 0.140. The Bertz CT molecular complexity index is 812. The van der Waals surface area contributed by atoms with Gasteiger partial charge in [-0.15, -0.1) is 0 Å². The molecule has 0 radical (unpaired) electrons. The lowest BCUT2D eigenvalue weighted by atomic mass is 9.95. The summed E-state index contributed by atoms with van der Waals surface area (Å²) in [4.78, 5) is 37.2. The average Bonchev–Trinajstić information content (AvgIpc) is 2.88. The molecule has 0 spiro atoms. The van der Waals surface area contributed by atoms with Gasteiger partial charge in [0.15, 0.2) is 6.61 Å². The Labute approximate surface area is 192 Å². The van der Waals surface area contributed by atoms with E-state index in [9.17, 15) is 14.4 Å². The third-order valence-electron chi connectivity index (χ3n) is 4.43. The van der Waals surface area contributed by atoms with Crippen LogP contribution in [0.3, 0.4) is 0 Å². The molecular weight excluding hydrogens is 447 g/mol. The maximum absolute atomic E-state index is 12.6. The number of ether oxygens (including phenoxy) is 3. The van der Waals surface area contributed by atoms with Crippen LogP contribution in [0, 0.1) is 5.92 Å². The number of amides is 2. The Kier molecular flexibility index (Phi) is 8.97. The van der Waals surface area contributed by atoms with E-state index in [4.69, 9.17) is 37.4 Å². The highest BCUT2D eigenvalue weighted by atomic mass is 35.5. The lowest BCUT2D eigenvalue weighted by Gasteiger charge is -2.30. The number of esters is 1. The minimum atomic E-state index is -0.638. The molecule has 2 rings (SSSR count). The second kappa shape index (κ2) is 11.0. The second-order valence-electron chi connectivity index (χ2n) is 8.24. The molecule has 0 saturated carbocycles. The molecule has 2 atom stereocenters. The zero-order valence-electron chi connectivity index (χ0n) is 18.1. The van der Waals surface area contributed by atoms with Crippen molar-refractivity contribution in [2.24, 2.45) is 5.92 Å². The molecule has 0 unspecified atom stereocenters. The predicted molar refractivity (Wildman–Crippen MR) is 116 cm³/mol. The van der Waals surface area contributed by atoms with Crippen molar-refractivity contribution < 1.29 is 28.6 Å². The van der Waals surface area contributed by atoms with Crippen molar-refractivity contribution in [1.82, 2.24) is 10.2 Å². The SMILES string of the molecule is CC(=O)OCC(=O)NC[C@@H]1CN(C(=O)OC(C)(C)C)CCO[C@H]1c1ccc(Cl)c(Cl)c1. The van der Waals surface area contributed by atoms with Gasteiger partial charge in [0, 0.05) is 32.5 Å². The van der Waals surface area contributed by atoms with E-state index in [-0.39, 0.29) is 32.2 Å². The largest absolute Gasteiger partial charge is 0.456 e. The van der Waals surface area contributed by atoms with Crippen LogP contribution in [0.15, 0.2) is 18.2 Å². The van der Waals surface area contributed by atoms with Gasteiger partial charge in [0.25, 0.3) is 5.91 Å². The Hall–Kier alpha value is -2.03. The molecule has 0 aromatic heterocycles. The molecule has 10 heteroatoms. The fraction of sp³-hybridized carbons (Fsp3) is 0.571. The number of carbonyl (C=O) groups excluding carboxylic acids is 3. The Morgan fingerprint density at radius 1 is 1.23 bits per heavy atom. The third kappa shape index (κ3) is 8.20. The molecule has 1 fully saturated rings. The molecule has 2 amide bonds. The van der Waals surface area contributed by atoms with Crippen LogP contribution in [0.1, 0.15) is 39.4 Å². The molecule has 0 aliphatic carbocycles. The van der Waals surface area contributed by atoms with Gasteiger partial charge in [0.05, 0.1) is 22.8 Å². The van der Waals surface area contributed by atoms with Gasteiger partial charge in [-0.25, -0.2) is 4.79 Å². The number of carbonyl (C=O) groups is 3. The molecule has 1 aliphatic heterocycles. The number of halogens is 2. The van der Waals surface area contributed by atoms with Gasteiger partial charge in [-0.05, 0) is 38.5 Å². The summed E-state index contributed by atoms with van der Waals surface area (Å²) >= 11 is 12.2. The zero-order valence-corrected chi connectivity index (χ0v) is 19.6. The van der Waals surface area contributed by atoms with E-state index in [0.29, 0.717) is 16.6 Å². The van der Waals surface area contributed by atoms with Gasteiger partial charge >= 0.3 is 12.1 Å². The van der Waals surface area contributed by atoms with E-state index in [2.05, 4.69) is 5.32 Å². The molecule has 172 valence electrons. The van der Waals surface area contributed by atoms with Crippen molar-refractivity contribution in [2.45, 2.75) is 39.4 Å². The van der Waals surface area contributed by atoms with E-state index >= 15 is 0 Å². The molecule has 1 saturated heterocycles. The maximum atomic E-state index is 12.6. The number of benzene rings is 1. The highest BCUT2D eigenvalue weighted by Crippen LogP contribution is 2.33. The molecule has 1 aromatic carbocycles. The summed E-state index contributed by atoms with van der Waals surface area (Å²) in [6.45, 7) is 7.33. The summed E-state index contributed by atoms with van der Waals surface area (Å²) in [6.07, 6.45) is -0.904. The van der Waals surface area contributed by atoms with Gasteiger partial charge in [-0.1, -0.05) is 29.3 Å². The minimum Gasteiger partial charge on any atom is -0.456 e. The molecule has 1 N–H and O–H groups in total. The van der Waals surface area contributed by atoms with Crippen LogP contribution in [-0.4, -0.2) is 61.3 Å². The molecule has 0 bridgehead atoms. The summed E-state index contributed by atoms with van der Waals surface area (Å²) in [5, 5.41) is 3.54. The smallest absolute Gasteiger partial charge is 0.410 e. The molecular formula is C21H28Cl2N2O6. The minimum absolute atomic E-state index is 0.185. The number of hydrogen-bond donors (Lipinski definition) is 1. The van der Waals surface area contributed by atoms with Crippen LogP contribution in [-0.2, 0) is 23.8 Å². The molecule has 31 heavy (non-hydrogen) atoms. The summed E-state index contributed by atoms with van der Waals surface area (Å²) < 4.78 is 16.3. The van der Waals surface area contributed by atoms with Crippen molar-refractivity contribution in [3.63, 3.8) is 0 Å². The Morgan fingerprint density at radius 2 is 1.94 bits per heavy atom. The normalized spacial score (nSPS) is 19.4. The van der Waals surface area contributed by atoms with Crippen molar-refractivity contribution in [2.75, 3.05) is 32.8 Å². The summed E-state index contributed by atoms with van der Waals surface area (Å²) in [5.74, 6) is -1.30. The lowest BCUT2D eigenvalue weighted by molar-refractivity contribution is -0.146. The van der Waals surface area contributed by atoms with Crippen LogP contribution < -0.4 is 5.32 Å². The topological polar surface area (TPSA) is 94.2 Å². The quantitative estimate of drug-likeness (QED) is 0.655. The van der Waals surface area contributed by atoms with Gasteiger partial charge in [0.2, 0.25) is 0 Å². The molecule has 1 heterocycles. The van der Waals surface area contributed by atoms with Crippen molar-refractivity contribution >= 4 is 41.2 Å². The van der Waals surface area contributed by atoms with Gasteiger partial charge in [0.1, 0.15) is 5.60 Å². The first-order valence-corrected chi connectivity index (χ1v) is 10.7. The first-order chi connectivity index (χ1) is 14.5. The van der Waals surface area contributed by atoms with Crippen LogP contribution >= 0.6 is 23.2 Å².